The van der Waals surface area contributed by atoms with Crippen LogP contribution in [0, 0.1) is 0 Å². The van der Waals surface area contributed by atoms with Gasteiger partial charge in [0.25, 0.3) is 0 Å². The first-order valence-electron chi connectivity index (χ1n) is 8.99. The van der Waals surface area contributed by atoms with E-state index in [9.17, 15) is 14.4 Å². The van der Waals surface area contributed by atoms with Crippen molar-refractivity contribution in [2.75, 3.05) is 13.6 Å². The lowest BCUT2D eigenvalue weighted by atomic mass is 10.1. The summed E-state index contributed by atoms with van der Waals surface area (Å²) in [5.74, 6) is -0.637. The van der Waals surface area contributed by atoms with Crippen LogP contribution in [0.5, 0.6) is 0 Å². The second-order valence-corrected chi connectivity index (χ2v) is 6.30. The molecule has 0 fully saturated rings. The third kappa shape index (κ3) is 7.76. The summed E-state index contributed by atoms with van der Waals surface area (Å²) in [6.45, 7) is 2.16. The molecular formula is C19H30N4O3. The van der Waals surface area contributed by atoms with Crippen molar-refractivity contribution in [1.29, 1.82) is 0 Å². The molecule has 26 heavy (non-hydrogen) atoms. The van der Waals surface area contributed by atoms with Gasteiger partial charge in [0.2, 0.25) is 11.8 Å². The number of hydrogen-bond donors (Lipinski definition) is 4. The molecule has 0 aliphatic carbocycles. The van der Waals surface area contributed by atoms with Crippen LogP contribution < -0.4 is 21.7 Å². The average molecular weight is 362 g/mol. The molecule has 0 aliphatic rings. The van der Waals surface area contributed by atoms with E-state index in [1.54, 1.807) is 14.0 Å². The molecular weight excluding hydrogens is 332 g/mol. The Labute approximate surface area is 155 Å². The monoisotopic (exact) mass is 362 g/mol. The van der Waals surface area contributed by atoms with Crippen molar-refractivity contribution < 1.29 is 14.4 Å². The van der Waals surface area contributed by atoms with Gasteiger partial charge in [-0.2, -0.15) is 0 Å². The summed E-state index contributed by atoms with van der Waals surface area (Å²) >= 11 is 0. The maximum atomic E-state index is 12.4. The molecule has 0 saturated heterocycles. The molecule has 1 aromatic rings. The van der Waals surface area contributed by atoms with E-state index < -0.39 is 18.1 Å². The van der Waals surface area contributed by atoms with Gasteiger partial charge in [-0.3, -0.25) is 9.59 Å². The molecule has 0 heterocycles. The van der Waals surface area contributed by atoms with Crippen LogP contribution in [-0.4, -0.2) is 49.8 Å². The number of amides is 2. The van der Waals surface area contributed by atoms with Crippen molar-refractivity contribution in [3.8, 4) is 0 Å². The summed E-state index contributed by atoms with van der Waals surface area (Å²) in [6.07, 6.45) is 3.35. The van der Waals surface area contributed by atoms with Crippen LogP contribution in [0.4, 0.5) is 0 Å². The van der Waals surface area contributed by atoms with E-state index in [-0.39, 0.29) is 11.8 Å². The fourth-order valence-corrected chi connectivity index (χ4v) is 2.55. The number of carbonyl (C=O) groups is 3. The van der Waals surface area contributed by atoms with Crippen LogP contribution in [0.25, 0.3) is 0 Å². The van der Waals surface area contributed by atoms with E-state index in [0.717, 1.165) is 24.7 Å². The Hall–Kier alpha value is -2.25. The van der Waals surface area contributed by atoms with E-state index in [1.807, 2.05) is 30.3 Å². The molecule has 0 radical (unpaired) electrons. The van der Waals surface area contributed by atoms with Gasteiger partial charge in [0.15, 0.2) is 0 Å². The summed E-state index contributed by atoms with van der Waals surface area (Å²) in [5.41, 5.74) is 6.46. The molecule has 1 rings (SSSR count). The minimum absolute atomic E-state index is 0.259. The summed E-state index contributed by atoms with van der Waals surface area (Å²) in [6, 6.07) is 7.91. The highest BCUT2D eigenvalue weighted by Gasteiger charge is 2.23. The second kappa shape index (κ2) is 12.2. The normalized spacial score (nSPS) is 14.1. The van der Waals surface area contributed by atoms with E-state index >= 15 is 0 Å². The maximum absolute atomic E-state index is 12.4. The Morgan fingerprint density at radius 1 is 1.12 bits per heavy atom. The van der Waals surface area contributed by atoms with Crippen molar-refractivity contribution in [3.05, 3.63) is 35.9 Å². The molecule has 1 aromatic carbocycles. The first-order chi connectivity index (χ1) is 12.5. The first-order valence-corrected chi connectivity index (χ1v) is 8.99. The number of unbranched alkanes of at least 4 members (excludes halogenated alkanes) is 1. The van der Waals surface area contributed by atoms with Crippen LogP contribution in [0.15, 0.2) is 30.3 Å². The van der Waals surface area contributed by atoms with Gasteiger partial charge in [0.05, 0.1) is 12.1 Å². The van der Waals surface area contributed by atoms with Gasteiger partial charge in [-0.15, -0.1) is 0 Å². The van der Waals surface area contributed by atoms with Gasteiger partial charge in [0, 0.05) is 0 Å². The Bertz CT molecular complexity index is 565. The summed E-state index contributed by atoms with van der Waals surface area (Å²) in [4.78, 5) is 35.7. The predicted octanol–water partition coefficient (Wildman–Crippen LogP) is 0.135. The lowest BCUT2D eigenvalue weighted by molar-refractivity contribution is -0.130. The van der Waals surface area contributed by atoms with Gasteiger partial charge >= 0.3 is 0 Å². The number of aldehydes is 1. The lowest BCUT2D eigenvalue weighted by Gasteiger charge is -2.21. The zero-order valence-electron chi connectivity index (χ0n) is 15.5. The molecule has 7 nitrogen and oxygen atoms in total. The third-order valence-corrected chi connectivity index (χ3v) is 4.16. The van der Waals surface area contributed by atoms with Crippen LogP contribution in [-0.2, 0) is 20.8 Å². The highest BCUT2D eigenvalue weighted by molar-refractivity contribution is 5.90. The topological polar surface area (TPSA) is 113 Å². The highest BCUT2D eigenvalue weighted by Crippen LogP contribution is 2.04. The molecule has 0 aromatic heterocycles. The quantitative estimate of drug-likeness (QED) is 0.312. The highest BCUT2D eigenvalue weighted by atomic mass is 16.2. The Morgan fingerprint density at radius 2 is 1.81 bits per heavy atom. The van der Waals surface area contributed by atoms with Crippen LogP contribution >= 0.6 is 0 Å². The van der Waals surface area contributed by atoms with Gasteiger partial charge in [-0.25, -0.2) is 0 Å². The first kappa shape index (κ1) is 21.8. The van der Waals surface area contributed by atoms with Crippen molar-refractivity contribution in [1.82, 2.24) is 16.0 Å². The molecule has 5 N–H and O–H groups in total. The average Bonchev–Trinajstić information content (AvgIpc) is 2.65. The lowest BCUT2D eigenvalue weighted by Crippen LogP contribution is -2.53. The van der Waals surface area contributed by atoms with Crippen LogP contribution in [0.2, 0.25) is 0 Å². The van der Waals surface area contributed by atoms with E-state index in [4.69, 9.17) is 5.73 Å². The largest absolute Gasteiger partial charge is 0.345 e. The molecule has 0 aliphatic heterocycles. The van der Waals surface area contributed by atoms with Crippen molar-refractivity contribution in [2.24, 2.45) is 5.73 Å². The smallest absolute Gasteiger partial charge is 0.242 e. The van der Waals surface area contributed by atoms with Crippen molar-refractivity contribution in [3.63, 3.8) is 0 Å². The fourth-order valence-electron chi connectivity index (χ4n) is 2.55. The number of nitrogens with two attached hydrogens (primary N) is 1. The number of rotatable bonds is 12. The minimum atomic E-state index is -0.730. The van der Waals surface area contributed by atoms with E-state index in [1.165, 1.54) is 0 Å². The van der Waals surface area contributed by atoms with Gasteiger partial charge in [-0.05, 0) is 51.8 Å². The fraction of sp³-hybridized carbons (Fsp3) is 0.526. The van der Waals surface area contributed by atoms with Gasteiger partial charge in [0.1, 0.15) is 12.3 Å². The standard InChI is InChI=1S/C19H30N4O3/c1-14(18(25)23-16(13-24)10-6-7-11-20)22-19(26)17(21-2)12-15-8-4-3-5-9-15/h3-5,8-9,13-14,16-17,21H,6-7,10-12,20H2,1-2H3,(H,22,26)(H,23,25)/t14-,16-,17-/m0/s1. The molecule has 0 unspecified atom stereocenters. The van der Waals surface area contributed by atoms with Crippen molar-refractivity contribution >= 4 is 18.1 Å². The SMILES string of the molecule is CN[C@@H](Cc1ccccc1)C(=O)N[C@@H](C)C(=O)N[C@H](C=O)CCCCN. The van der Waals surface area contributed by atoms with E-state index in [0.29, 0.717) is 19.4 Å². The van der Waals surface area contributed by atoms with E-state index in [2.05, 4.69) is 16.0 Å². The Kier molecular flexibility index (Phi) is 10.2. The molecule has 0 spiro atoms. The number of likely N-dealkylation sites (N-methyl/N-ethyl adjacent to an activating group) is 1. The molecule has 2 amide bonds. The summed E-state index contributed by atoms with van der Waals surface area (Å²) in [7, 11) is 1.71. The second-order valence-electron chi connectivity index (χ2n) is 6.30. The number of nitrogens with one attached hydrogen (secondary N) is 3. The van der Waals surface area contributed by atoms with Gasteiger partial charge < -0.3 is 26.5 Å². The minimum Gasteiger partial charge on any atom is -0.345 e. The molecule has 3 atom stereocenters. The predicted molar refractivity (Wildman–Crippen MR) is 101 cm³/mol. The zero-order valence-corrected chi connectivity index (χ0v) is 15.5. The summed E-state index contributed by atoms with van der Waals surface area (Å²) < 4.78 is 0. The molecule has 7 heteroatoms. The zero-order chi connectivity index (χ0) is 19.4. The molecule has 0 bridgehead atoms. The maximum Gasteiger partial charge on any atom is 0.242 e. The van der Waals surface area contributed by atoms with Crippen LogP contribution in [0.1, 0.15) is 31.7 Å². The van der Waals surface area contributed by atoms with Crippen LogP contribution in [0.3, 0.4) is 0 Å². The number of benzene rings is 1. The number of hydrogen-bond acceptors (Lipinski definition) is 5. The molecule has 0 saturated carbocycles. The number of carbonyl (C=O) groups excluding carboxylic acids is 3. The van der Waals surface area contributed by atoms with Gasteiger partial charge in [-0.1, -0.05) is 30.3 Å². The third-order valence-electron chi connectivity index (χ3n) is 4.16. The Morgan fingerprint density at radius 3 is 2.38 bits per heavy atom. The van der Waals surface area contributed by atoms with Crippen molar-refractivity contribution in [2.45, 2.75) is 50.7 Å². The Balaban J connectivity index is 2.52. The summed E-state index contributed by atoms with van der Waals surface area (Å²) in [5, 5.41) is 8.32. The molecule has 144 valence electrons.